The number of hydrogen-bond acceptors (Lipinski definition) is 3. The van der Waals surface area contributed by atoms with Gasteiger partial charge in [-0.2, -0.15) is 0 Å². The first-order valence-corrected chi connectivity index (χ1v) is 6.26. The van der Waals surface area contributed by atoms with E-state index in [0.29, 0.717) is 29.8 Å². The molecule has 3 rings (SSSR count). The predicted molar refractivity (Wildman–Crippen MR) is 75.4 cm³/mol. The van der Waals surface area contributed by atoms with E-state index in [-0.39, 0.29) is 16.9 Å². The van der Waals surface area contributed by atoms with E-state index in [9.17, 15) is 9.18 Å². The molecule has 4 nitrogen and oxygen atoms in total. The molecular weight excluding hydrogens is 259 g/mol. The monoisotopic (exact) mass is 276 g/mol. The molecule has 0 saturated carbocycles. The number of anilines is 1. The Labute approximate surface area is 118 Å². The number of halogens is 1. The second-order valence-electron chi connectivity index (χ2n) is 4.54. The van der Waals surface area contributed by atoms with Crippen LogP contribution < -0.4 is 10.6 Å². The summed E-state index contributed by atoms with van der Waals surface area (Å²) >= 11 is 0. The van der Waals surface area contributed by atoms with Crippen molar-refractivity contribution in [2.75, 3.05) is 25.6 Å². The summed E-state index contributed by atoms with van der Waals surface area (Å²) in [4.78, 5) is 12.0. The van der Waals surface area contributed by atoms with Gasteiger partial charge in [0.1, 0.15) is 5.82 Å². The zero-order valence-corrected chi connectivity index (χ0v) is 10.9. The van der Waals surface area contributed by atoms with E-state index >= 15 is 0 Å². The number of methoxy groups -OCH3 is 1. The first-order valence-electron chi connectivity index (χ1n) is 7.26. The third-order valence-electron chi connectivity index (χ3n) is 3.22. The SMILES string of the molecule is [2H]C([2H])(NCCOC)c1cc2c3c(ccc(F)c3c1)NC2=O. The average Bonchev–Trinajstić information content (AvgIpc) is 2.80. The molecule has 0 saturated heterocycles. The molecule has 0 unspecified atom stereocenters. The molecule has 20 heavy (non-hydrogen) atoms. The van der Waals surface area contributed by atoms with Crippen LogP contribution in [-0.4, -0.2) is 26.2 Å². The molecule has 104 valence electrons. The van der Waals surface area contributed by atoms with E-state index < -0.39 is 12.3 Å². The second kappa shape index (κ2) is 5.19. The summed E-state index contributed by atoms with van der Waals surface area (Å²) in [5, 5.41) is 6.10. The van der Waals surface area contributed by atoms with Gasteiger partial charge in [-0.25, -0.2) is 4.39 Å². The van der Waals surface area contributed by atoms with Crippen LogP contribution in [0.3, 0.4) is 0 Å². The number of carbonyl (C=O) groups is 1. The third kappa shape index (κ3) is 2.15. The standard InChI is InChI=1S/C15H15FN2O2/c1-20-5-4-17-8-9-6-10-12(16)2-3-13-14(10)11(7-9)15(19)18-13/h2-3,6-7,17H,4-5,8H2,1H3,(H,18,19)/i8D2. The molecule has 1 aliphatic rings. The molecule has 1 amide bonds. The highest BCUT2D eigenvalue weighted by Crippen LogP contribution is 2.35. The number of ether oxygens (including phenoxy) is 1. The fourth-order valence-electron chi connectivity index (χ4n) is 2.31. The number of carbonyl (C=O) groups excluding carboxylic acids is 1. The minimum absolute atomic E-state index is 0.208. The highest BCUT2D eigenvalue weighted by molar-refractivity contribution is 6.24. The second-order valence-corrected chi connectivity index (χ2v) is 4.54. The topological polar surface area (TPSA) is 50.4 Å². The van der Waals surface area contributed by atoms with Crippen molar-refractivity contribution >= 4 is 22.4 Å². The van der Waals surface area contributed by atoms with Crippen molar-refractivity contribution in [1.29, 1.82) is 0 Å². The van der Waals surface area contributed by atoms with Gasteiger partial charge in [-0.15, -0.1) is 0 Å². The van der Waals surface area contributed by atoms with Crippen LogP contribution in [-0.2, 0) is 11.2 Å². The summed E-state index contributed by atoms with van der Waals surface area (Å²) in [6, 6.07) is 5.69. The van der Waals surface area contributed by atoms with Crippen LogP contribution in [0.5, 0.6) is 0 Å². The van der Waals surface area contributed by atoms with Crippen LogP contribution in [0.4, 0.5) is 10.1 Å². The molecule has 2 aromatic carbocycles. The van der Waals surface area contributed by atoms with E-state index in [4.69, 9.17) is 7.48 Å². The van der Waals surface area contributed by atoms with Crippen LogP contribution in [0.25, 0.3) is 10.8 Å². The van der Waals surface area contributed by atoms with Crippen LogP contribution in [0.15, 0.2) is 24.3 Å². The van der Waals surface area contributed by atoms with Crippen molar-refractivity contribution in [2.24, 2.45) is 0 Å². The maximum Gasteiger partial charge on any atom is 0.256 e. The predicted octanol–water partition coefficient (Wildman–Crippen LogP) is 2.28. The van der Waals surface area contributed by atoms with Gasteiger partial charge in [-0.3, -0.25) is 4.79 Å². The van der Waals surface area contributed by atoms with Gasteiger partial charge < -0.3 is 15.4 Å². The molecule has 0 bridgehead atoms. The largest absolute Gasteiger partial charge is 0.383 e. The normalized spacial score (nSPS) is 15.2. The Morgan fingerprint density at radius 3 is 3.10 bits per heavy atom. The van der Waals surface area contributed by atoms with Crippen molar-refractivity contribution < 1.29 is 16.7 Å². The number of amides is 1. The molecule has 0 fully saturated rings. The van der Waals surface area contributed by atoms with Crippen LogP contribution >= 0.6 is 0 Å². The maximum absolute atomic E-state index is 14.1. The van der Waals surface area contributed by atoms with Crippen molar-refractivity contribution in [1.82, 2.24) is 5.32 Å². The molecule has 0 aliphatic carbocycles. The lowest BCUT2D eigenvalue weighted by atomic mass is 10.0. The Kier molecular flexibility index (Phi) is 2.79. The van der Waals surface area contributed by atoms with Crippen molar-refractivity contribution in [3.63, 3.8) is 0 Å². The third-order valence-corrected chi connectivity index (χ3v) is 3.22. The van der Waals surface area contributed by atoms with E-state index in [0.717, 1.165) is 0 Å². The first kappa shape index (κ1) is 10.8. The molecule has 1 heterocycles. The van der Waals surface area contributed by atoms with Crippen LogP contribution in [0.2, 0.25) is 0 Å². The number of hydrogen-bond donors (Lipinski definition) is 2. The minimum atomic E-state index is -1.89. The minimum Gasteiger partial charge on any atom is -0.383 e. The van der Waals surface area contributed by atoms with Crippen LogP contribution in [0.1, 0.15) is 18.7 Å². The van der Waals surface area contributed by atoms with Gasteiger partial charge in [0, 0.05) is 39.4 Å². The van der Waals surface area contributed by atoms with Gasteiger partial charge in [-0.05, 0) is 29.8 Å². The quantitative estimate of drug-likeness (QED) is 0.824. The van der Waals surface area contributed by atoms with E-state index in [1.807, 2.05) is 0 Å². The lowest BCUT2D eigenvalue weighted by Gasteiger charge is -2.07. The molecule has 2 N–H and O–H groups in total. The van der Waals surface area contributed by atoms with Crippen molar-refractivity contribution in [3.05, 3.63) is 41.2 Å². The summed E-state index contributed by atoms with van der Waals surface area (Å²) < 4.78 is 35.1. The van der Waals surface area contributed by atoms with E-state index in [1.165, 1.54) is 31.4 Å². The summed E-state index contributed by atoms with van der Waals surface area (Å²) in [7, 11) is 1.52. The number of benzene rings is 2. The van der Waals surface area contributed by atoms with Gasteiger partial charge >= 0.3 is 0 Å². The number of rotatable bonds is 5. The van der Waals surface area contributed by atoms with E-state index in [1.54, 1.807) is 0 Å². The van der Waals surface area contributed by atoms with Crippen molar-refractivity contribution in [2.45, 2.75) is 6.50 Å². The molecule has 0 radical (unpaired) electrons. The van der Waals surface area contributed by atoms with E-state index in [2.05, 4.69) is 10.6 Å². The fourth-order valence-corrected chi connectivity index (χ4v) is 2.31. The Morgan fingerprint density at radius 1 is 1.45 bits per heavy atom. The lowest BCUT2D eigenvalue weighted by Crippen LogP contribution is -2.18. The van der Waals surface area contributed by atoms with Gasteiger partial charge in [0.15, 0.2) is 0 Å². The zero-order chi connectivity index (χ0) is 15.9. The summed E-state index contributed by atoms with van der Waals surface area (Å²) in [5.41, 5.74) is 1.05. The highest BCUT2D eigenvalue weighted by atomic mass is 19.1. The Bertz CT molecular complexity index is 765. The van der Waals surface area contributed by atoms with Crippen molar-refractivity contribution in [3.8, 4) is 0 Å². The lowest BCUT2D eigenvalue weighted by molar-refractivity contribution is 0.103. The van der Waals surface area contributed by atoms with Crippen LogP contribution in [0, 0.1) is 5.82 Å². The smallest absolute Gasteiger partial charge is 0.256 e. The van der Waals surface area contributed by atoms with Gasteiger partial charge in [0.2, 0.25) is 0 Å². The summed E-state index contributed by atoms with van der Waals surface area (Å²) in [6.07, 6.45) is 0. The molecule has 5 heteroatoms. The Balaban J connectivity index is 2.10. The van der Waals surface area contributed by atoms with Gasteiger partial charge in [-0.1, -0.05) is 0 Å². The molecule has 0 aromatic heterocycles. The Morgan fingerprint density at radius 2 is 2.30 bits per heavy atom. The average molecular weight is 276 g/mol. The maximum atomic E-state index is 14.1. The molecule has 0 atom stereocenters. The zero-order valence-electron chi connectivity index (χ0n) is 12.9. The summed E-state index contributed by atoms with van der Waals surface area (Å²) in [5.74, 6) is -0.828. The molecular formula is C15H15FN2O2. The summed E-state index contributed by atoms with van der Waals surface area (Å²) in [6.45, 7) is -1.25. The number of nitrogens with one attached hydrogen (secondary N) is 2. The molecule has 1 aliphatic heterocycles. The van der Waals surface area contributed by atoms with Gasteiger partial charge in [0.25, 0.3) is 5.91 Å². The first-order chi connectivity index (χ1) is 10.4. The highest BCUT2D eigenvalue weighted by Gasteiger charge is 2.23. The molecule has 2 aromatic rings. The molecule has 0 spiro atoms. The Hall–Kier alpha value is -1.98. The fraction of sp³-hybridized carbons (Fsp3) is 0.267. The van der Waals surface area contributed by atoms with Gasteiger partial charge in [0.05, 0.1) is 12.2 Å².